The summed E-state index contributed by atoms with van der Waals surface area (Å²) in [6, 6.07) is 20.2. The number of likely N-dealkylation sites (tertiary alicyclic amines) is 1. The second kappa shape index (κ2) is 11.3. The summed E-state index contributed by atoms with van der Waals surface area (Å²) in [6.45, 7) is 5.94. The monoisotopic (exact) mass is 619 g/mol. The van der Waals surface area contributed by atoms with Crippen molar-refractivity contribution in [1.29, 1.82) is 0 Å². The smallest absolute Gasteiger partial charge is 0.227 e. The normalized spacial score (nSPS) is 18.8. The van der Waals surface area contributed by atoms with E-state index >= 15 is 0 Å². The number of nitrogens with zero attached hydrogens (tertiary/aromatic N) is 3. The minimum Gasteiger partial charge on any atom is -0.346 e. The predicted octanol–water partition coefficient (Wildman–Crippen LogP) is 8.51. The molecule has 2 aromatic carbocycles. The summed E-state index contributed by atoms with van der Waals surface area (Å²) < 4.78 is 2.62. The van der Waals surface area contributed by atoms with Gasteiger partial charge >= 0.3 is 0 Å². The molecule has 6 heterocycles. The number of aromatic amines is 2. The summed E-state index contributed by atoms with van der Waals surface area (Å²) in [5.41, 5.74) is 6.56. The molecule has 0 unspecified atom stereocenters. The number of H-pyrrole nitrogens is 2. The van der Waals surface area contributed by atoms with Crippen LogP contribution in [0.5, 0.6) is 0 Å². The average molecular weight is 620 g/mol. The van der Waals surface area contributed by atoms with Gasteiger partial charge in [-0.1, -0.05) is 44.2 Å². The molecule has 8 rings (SSSR count). The Balaban J connectivity index is 0.983. The number of aromatic nitrogens is 4. The number of imidazole rings is 2. The number of thiophene rings is 2. The Kier molecular flexibility index (Phi) is 7.12. The van der Waals surface area contributed by atoms with E-state index in [2.05, 4.69) is 69.9 Å². The van der Waals surface area contributed by atoms with Gasteiger partial charge in [-0.05, 0) is 73.5 Å². The van der Waals surface area contributed by atoms with Gasteiger partial charge in [0.15, 0.2) is 0 Å². The van der Waals surface area contributed by atoms with Crippen LogP contribution in [0.1, 0.15) is 63.3 Å². The standard InChI is InChI=1S/C35H35N6OS2/c1-20(2)15-33(42)41-14-4-6-28(41)35-37-19-27(40-35)21-7-9-22(10-8-21)29-17-31-32(43-29)18-30(44-31)23-11-12-24-26(16-23)39-34(38-24)25-5-3-13-36-25/h7-12,15-20,25,28,36H,3-6,13-14H2,1-2H3,(H,37,40)(H,38,39)/t25-,28-/m0/s1. The van der Waals surface area contributed by atoms with E-state index in [1.807, 2.05) is 47.6 Å². The summed E-state index contributed by atoms with van der Waals surface area (Å²) in [5.74, 6) is 2.27. The summed E-state index contributed by atoms with van der Waals surface area (Å²) >= 11 is 3.69. The molecule has 2 fully saturated rings. The highest BCUT2D eigenvalue weighted by Gasteiger charge is 2.32. The number of carbonyl (C=O) groups is 1. The Labute approximate surface area is 264 Å². The molecule has 2 aliphatic rings. The molecule has 7 nitrogen and oxygen atoms in total. The molecule has 0 aliphatic carbocycles. The summed E-state index contributed by atoms with van der Waals surface area (Å²) in [5, 5.41) is 3.54. The van der Waals surface area contributed by atoms with E-state index in [9.17, 15) is 4.79 Å². The number of amides is 1. The van der Waals surface area contributed by atoms with Gasteiger partial charge in [-0.3, -0.25) is 4.79 Å². The van der Waals surface area contributed by atoms with Crippen LogP contribution in [0.2, 0.25) is 0 Å². The SMILES string of the molecule is CC(C)[CH]C(=O)N1CCC[C@H]1c1nc(-c2ccc(-c3cc4sc(-c5ccc6nc([C@@H]7CCCN7)[nH]c6c5)cc4s3)cc2)c[nH]1. The van der Waals surface area contributed by atoms with E-state index in [1.165, 1.54) is 36.7 Å². The Bertz CT molecular complexity index is 1920. The highest BCUT2D eigenvalue weighted by molar-refractivity contribution is 7.31. The van der Waals surface area contributed by atoms with Crippen molar-refractivity contribution < 1.29 is 4.79 Å². The molecular weight excluding hydrogens is 585 g/mol. The molecule has 6 aromatic rings. The maximum Gasteiger partial charge on any atom is 0.227 e. The van der Waals surface area contributed by atoms with Crippen LogP contribution in [-0.4, -0.2) is 43.8 Å². The number of hydrogen-bond donors (Lipinski definition) is 3. The van der Waals surface area contributed by atoms with Crippen LogP contribution >= 0.6 is 22.7 Å². The van der Waals surface area contributed by atoms with Crippen LogP contribution in [0, 0.1) is 12.3 Å². The largest absolute Gasteiger partial charge is 0.346 e. The van der Waals surface area contributed by atoms with E-state index < -0.39 is 0 Å². The Morgan fingerprint density at radius 1 is 0.909 bits per heavy atom. The van der Waals surface area contributed by atoms with E-state index in [4.69, 9.17) is 9.97 Å². The first-order chi connectivity index (χ1) is 21.5. The maximum absolute atomic E-state index is 12.7. The van der Waals surface area contributed by atoms with Crippen molar-refractivity contribution in [3.05, 3.63) is 78.9 Å². The van der Waals surface area contributed by atoms with Gasteiger partial charge in [-0.15, -0.1) is 22.7 Å². The molecule has 2 atom stereocenters. The lowest BCUT2D eigenvalue weighted by atomic mass is 10.1. The molecule has 9 heteroatoms. The van der Waals surface area contributed by atoms with E-state index in [0.717, 1.165) is 66.3 Å². The fraction of sp³-hybridized carbons (Fsp3) is 0.314. The number of fused-ring (bicyclic) bond motifs is 2. The summed E-state index contributed by atoms with van der Waals surface area (Å²) in [6.07, 6.45) is 8.07. The van der Waals surface area contributed by atoms with Crippen molar-refractivity contribution >= 4 is 49.0 Å². The molecular formula is C35H35N6OS2. The minimum atomic E-state index is 0.0163. The van der Waals surface area contributed by atoms with Gasteiger partial charge in [0.2, 0.25) is 5.91 Å². The van der Waals surface area contributed by atoms with Crippen molar-refractivity contribution in [3.8, 4) is 32.1 Å². The van der Waals surface area contributed by atoms with Gasteiger partial charge in [0, 0.05) is 37.5 Å². The molecule has 1 amide bonds. The Hall–Kier alpha value is -3.79. The van der Waals surface area contributed by atoms with E-state index in [-0.39, 0.29) is 17.9 Å². The van der Waals surface area contributed by atoms with Crippen molar-refractivity contribution in [1.82, 2.24) is 30.2 Å². The zero-order valence-corrected chi connectivity index (χ0v) is 26.5. The highest BCUT2D eigenvalue weighted by atomic mass is 32.1. The molecule has 3 N–H and O–H groups in total. The lowest BCUT2D eigenvalue weighted by Crippen LogP contribution is -2.32. The third kappa shape index (κ3) is 5.16. The quantitative estimate of drug-likeness (QED) is 0.167. The number of nitrogens with one attached hydrogen (secondary N) is 3. The van der Waals surface area contributed by atoms with Crippen molar-refractivity contribution in [3.63, 3.8) is 0 Å². The molecule has 0 bridgehead atoms. The van der Waals surface area contributed by atoms with Crippen LogP contribution in [0.15, 0.2) is 60.8 Å². The lowest BCUT2D eigenvalue weighted by Gasteiger charge is -2.23. The fourth-order valence-electron chi connectivity index (χ4n) is 6.54. The van der Waals surface area contributed by atoms with Gasteiger partial charge in [0.25, 0.3) is 0 Å². The van der Waals surface area contributed by atoms with Gasteiger partial charge in [-0.25, -0.2) is 9.97 Å². The first-order valence-electron chi connectivity index (χ1n) is 15.6. The number of carbonyl (C=O) groups excluding carboxylic acids is 1. The van der Waals surface area contributed by atoms with E-state index in [1.54, 1.807) is 6.42 Å². The number of hydrogen-bond acceptors (Lipinski definition) is 6. The molecule has 2 aliphatic heterocycles. The Morgan fingerprint density at radius 3 is 2.41 bits per heavy atom. The first kappa shape index (κ1) is 27.7. The second-order valence-corrected chi connectivity index (χ2v) is 14.5. The minimum absolute atomic E-state index is 0.0163. The van der Waals surface area contributed by atoms with Crippen LogP contribution in [0.25, 0.3) is 52.6 Å². The van der Waals surface area contributed by atoms with Gasteiger partial charge in [-0.2, -0.15) is 0 Å². The third-order valence-electron chi connectivity index (χ3n) is 8.77. The molecule has 4 aromatic heterocycles. The summed E-state index contributed by atoms with van der Waals surface area (Å²) in [4.78, 5) is 33.9. The molecule has 0 spiro atoms. The van der Waals surface area contributed by atoms with Crippen LogP contribution in [-0.2, 0) is 4.79 Å². The van der Waals surface area contributed by atoms with Crippen LogP contribution in [0.3, 0.4) is 0 Å². The van der Waals surface area contributed by atoms with Crippen molar-refractivity contribution in [2.45, 2.75) is 51.6 Å². The topological polar surface area (TPSA) is 89.7 Å². The average Bonchev–Trinajstić information content (AvgIpc) is 3.85. The lowest BCUT2D eigenvalue weighted by molar-refractivity contribution is -0.129. The van der Waals surface area contributed by atoms with Gasteiger partial charge in [0.1, 0.15) is 11.6 Å². The molecule has 223 valence electrons. The zero-order chi connectivity index (χ0) is 29.8. The maximum atomic E-state index is 12.7. The zero-order valence-electron chi connectivity index (χ0n) is 24.9. The first-order valence-corrected chi connectivity index (χ1v) is 17.2. The predicted molar refractivity (Wildman–Crippen MR) is 181 cm³/mol. The third-order valence-corrected chi connectivity index (χ3v) is 11.2. The van der Waals surface area contributed by atoms with Crippen molar-refractivity contribution in [2.24, 2.45) is 5.92 Å². The molecule has 2 saturated heterocycles. The Morgan fingerprint density at radius 2 is 1.66 bits per heavy atom. The highest BCUT2D eigenvalue weighted by Crippen LogP contribution is 2.42. The van der Waals surface area contributed by atoms with Crippen LogP contribution < -0.4 is 5.32 Å². The molecule has 1 radical (unpaired) electrons. The molecule has 44 heavy (non-hydrogen) atoms. The van der Waals surface area contributed by atoms with Crippen LogP contribution in [0.4, 0.5) is 0 Å². The van der Waals surface area contributed by atoms with E-state index in [0.29, 0.717) is 6.04 Å². The van der Waals surface area contributed by atoms with Gasteiger partial charge < -0.3 is 20.2 Å². The van der Waals surface area contributed by atoms with Crippen molar-refractivity contribution in [2.75, 3.05) is 13.1 Å². The number of rotatable bonds is 7. The fourth-order valence-corrected chi connectivity index (χ4v) is 8.94. The second-order valence-electron chi connectivity index (χ2n) is 12.3. The van der Waals surface area contributed by atoms with Gasteiger partial charge in [0.05, 0.1) is 35.2 Å². The summed E-state index contributed by atoms with van der Waals surface area (Å²) in [7, 11) is 0. The number of benzene rings is 2. The molecule has 0 saturated carbocycles.